The molecule has 0 amide bonds. The summed E-state index contributed by atoms with van der Waals surface area (Å²) in [6.07, 6.45) is 0. The van der Waals surface area contributed by atoms with E-state index in [1.807, 2.05) is 0 Å². The molecule has 0 saturated heterocycles. The summed E-state index contributed by atoms with van der Waals surface area (Å²) in [5.74, 6) is -1.57. The number of hydrogen-bond donors (Lipinski definition) is 0. The summed E-state index contributed by atoms with van der Waals surface area (Å²) in [5.41, 5.74) is 0. The second kappa shape index (κ2) is 2.58. The Morgan fingerprint density at radius 2 is 0.700 bits per heavy atom. The Labute approximate surface area is 152 Å². The van der Waals surface area contributed by atoms with Crippen molar-refractivity contribution in [2.45, 2.75) is 39.0 Å². The molecular formula is C10Cl8O2. The first kappa shape index (κ1) is 14.0. The fourth-order valence-electron chi connectivity index (χ4n) is 5.40. The zero-order valence-corrected chi connectivity index (χ0v) is 14.9. The standard InChI is InChI=1S/C10Cl8O2/c11-3-1(19)5(13)8(16)4(3,12)2(20)6(14)7(3,15)9(5,17)10(6,8)18/t3-,4+,5+,6-,7+,8-,9-,10+. The first-order valence-corrected chi connectivity index (χ1v) is 8.44. The third-order valence-electron chi connectivity index (χ3n) is 6.00. The highest BCUT2D eigenvalue weighted by atomic mass is 35.5. The maximum absolute atomic E-state index is 12.7. The first-order valence-electron chi connectivity index (χ1n) is 5.42. The lowest BCUT2D eigenvalue weighted by atomic mass is 9.37. The SMILES string of the molecule is O=C1[C@@]2(Cl)[C@@]3(Cl)[C@@]4(Cl)C(=O)[C@]5(Cl)[C@](Cl)([C@]14Cl)[C@]2(Cl)[C@@]53Cl. The highest BCUT2D eigenvalue weighted by Crippen LogP contribution is 3.06. The average Bonchev–Trinajstić information content (AvgIpc) is 2.66. The Kier molecular flexibility index (Phi) is 1.81. The Morgan fingerprint density at radius 1 is 0.450 bits per heavy atom. The van der Waals surface area contributed by atoms with Crippen LogP contribution in [0.2, 0.25) is 0 Å². The second-order valence-electron chi connectivity index (χ2n) is 5.93. The molecule has 2 nitrogen and oxygen atoms in total. The summed E-state index contributed by atoms with van der Waals surface area (Å²) >= 11 is 51.6. The molecule has 20 heavy (non-hydrogen) atoms. The van der Waals surface area contributed by atoms with Crippen molar-refractivity contribution < 1.29 is 9.59 Å². The van der Waals surface area contributed by atoms with Crippen molar-refractivity contribution in [3.05, 3.63) is 0 Å². The molecule has 0 aliphatic heterocycles. The van der Waals surface area contributed by atoms with E-state index in [1.54, 1.807) is 0 Å². The minimum Gasteiger partial charge on any atom is -0.295 e. The Balaban J connectivity index is 2.11. The average molecular weight is 436 g/mol. The molecule has 6 fully saturated rings. The lowest BCUT2D eigenvalue weighted by Crippen LogP contribution is -3.07. The number of ketones is 2. The lowest BCUT2D eigenvalue weighted by Gasteiger charge is -2.84. The third-order valence-corrected chi connectivity index (χ3v) is 13.3. The van der Waals surface area contributed by atoms with Crippen LogP contribution in [0.1, 0.15) is 0 Å². The van der Waals surface area contributed by atoms with E-state index in [0.29, 0.717) is 0 Å². The van der Waals surface area contributed by atoms with Gasteiger partial charge in [0.2, 0.25) is 0 Å². The van der Waals surface area contributed by atoms with E-state index in [1.165, 1.54) is 0 Å². The van der Waals surface area contributed by atoms with Crippen LogP contribution in [0, 0.1) is 0 Å². The molecule has 6 saturated carbocycles. The van der Waals surface area contributed by atoms with Crippen molar-refractivity contribution in [3.8, 4) is 0 Å². The van der Waals surface area contributed by atoms with Crippen LogP contribution >= 0.6 is 92.8 Å². The molecule has 0 aromatic rings. The lowest BCUT2D eigenvalue weighted by molar-refractivity contribution is -0.126. The molecule has 0 unspecified atom stereocenters. The highest BCUT2D eigenvalue weighted by Gasteiger charge is 3.29. The van der Waals surface area contributed by atoms with Crippen LogP contribution in [0.4, 0.5) is 0 Å². The molecule has 0 N–H and O–H groups in total. The molecule has 6 aliphatic rings. The predicted molar refractivity (Wildman–Crippen MR) is 78.7 cm³/mol. The van der Waals surface area contributed by atoms with Gasteiger partial charge in [0.1, 0.15) is 19.5 Å². The summed E-state index contributed by atoms with van der Waals surface area (Å²) in [6, 6.07) is 0. The van der Waals surface area contributed by atoms with E-state index in [2.05, 4.69) is 0 Å². The van der Waals surface area contributed by atoms with Gasteiger partial charge in [-0.3, -0.25) is 9.59 Å². The van der Waals surface area contributed by atoms with Gasteiger partial charge in [-0.2, -0.15) is 0 Å². The van der Waals surface area contributed by atoms with E-state index in [9.17, 15) is 9.59 Å². The summed E-state index contributed by atoms with van der Waals surface area (Å²) in [7, 11) is 0. The van der Waals surface area contributed by atoms with Crippen LogP contribution in [-0.4, -0.2) is 50.6 Å². The Bertz CT molecular complexity index is 668. The van der Waals surface area contributed by atoms with Gasteiger partial charge in [-0.25, -0.2) is 0 Å². The number of alkyl halides is 8. The number of carbonyl (C=O) groups is 2. The molecule has 0 spiro atoms. The van der Waals surface area contributed by atoms with Gasteiger partial charge < -0.3 is 0 Å². The molecule has 6 aliphatic carbocycles. The zero-order chi connectivity index (χ0) is 15.2. The van der Waals surface area contributed by atoms with Crippen LogP contribution in [0.25, 0.3) is 0 Å². The van der Waals surface area contributed by atoms with Crippen LogP contribution in [0.3, 0.4) is 0 Å². The molecule has 0 radical (unpaired) electrons. The molecule has 8 atom stereocenters. The van der Waals surface area contributed by atoms with Gasteiger partial charge in [0.25, 0.3) is 0 Å². The minimum absolute atomic E-state index is 0.784. The Hall–Kier alpha value is 1.66. The number of rotatable bonds is 0. The maximum Gasteiger partial charge on any atom is 0.182 e. The molecule has 6 rings (SSSR count). The van der Waals surface area contributed by atoms with Crippen molar-refractivity contribution in [2.75, 3.05) is 0 Å². The van der Waals surface area contributed by atoms with Gasteiger partial charge in [-0.15, -0.1) is 92.8 Å². The summed E-state index contributed by atoms with van der Waals surface area (Å²) in [5, 5.41) is 0. The van der Waals surface area contributed by atoms with Gasteiger partial charge >= 0.3 is 0 Å². The van der Waals surface area contributed by atoms with Gasteiger partial charge in [-0.1, -0.05) is 0 Å². The smallest absolute Gasteiger partial charge is 0.182 e. The zero-order valence-electron chi connectivity index (χ0n) is 8.84. The van der Waals surface area contributed by atoms with Crippen LogP contribution < -0.4 is 0 Å². The third kappa shape index (κ3) is 0.512. The minimum atomic E-state index is -2.08. The number of hydrogen-bond acceptors (Lipinski definition) is 2. The largest absolute Gasteiger partial charge is 0.295 e. The molecular weight excluding hydrogens is 436 g/mol. The number of Topliss-reactive ketones (excluding diaryl/α,β-unsaturated/α-hetero) is 2. The Morgan fingerprint density at radius 3 is 0.950 bits per heavy atom. The maximum atomic E-state index is 12.7. The normalized spacial score (nSPS) is 81.8. The summed E-state index contributed by atoms with van der Waals surface area (Å²) < 4.78 is 0. The van der Waals surface area contributed by atoms with E-state index < -0.39 is 50.6 Å². The van der Waals surface area contributed by atoms with Crippen molar-refractivity contribution in [2.24, 2.45) is 0 Å². The van der Waals surface area contributed by atoms with Crippen molar-refractivity contribution >= 4 is 104 Å². The van der Waals surface area contributed by atoms with Gasteiger partial charge in [0, 0.05) is 0 Å². The van der Waals surface area contributed by atoms with Crippen molar-refractivity contribution in [1.29, 1.82) is 0 Å². The van der Waals surface area contributed by atoms with Crippen molar-refractivity contribution in [1.82, 2.24) is 0 Å². The van der Waals surface area contributed by atoms with E-state index in [0.717, 1.165) is 0 Å². The highest BCUT2D eigenvalue weighted by molar-refractivity contribution is 6.84. The van der Waals surface area contributed by atoms with Crippen LogP contribution in [0.15, 0.2) is 0 Å². The first-order chi connectivity index (χ1) is 8.81. The van der Waals surface area contributed by atoms with E-state index in [-0.39, 0.29) is 0 Å². The fourth-order valence-corrected chi connectivity index (χ4v) is 12.1. The molecule has 108 valence electrons. The summed E-state index contributed by atoms with van der Waals surface area (Å²) in [6.45, 7) is 0. The van der Waals surface area contributed by atoms with E-state index >= 15 is 0 Å². The monoisotopic (exact) mass is 432 g/mol. The number of halogens is 8. The van der Waals surface area contributed by atoms with E-state index in [4.69, 9.17) is 92.8 Å². The van der Waals surface area contributed by atoms with Crippen molar-refractivity contribution in [3.63, 3.8) is 0 Å². The fraction of sp³-hybridized carbons (Fsp3) is 0.800. The van der Waals surface area contributed by atoms with Crippen LogP contribution in [0.5, 0.6) is 0 Å². The molecule has 0 aromatic heterocycles. The molecule has 10 heteroatoms. The van der Waals surface area contributed by atoms with Crippen LogP contribution in [-0.2, 0) is 9.59 Å². The number of carbonyl (C=O) groups excluding carboxylic acids is 2. The quantitative estimate of drug-likeness (QED) is 0.548. The molecule has 4 bridgehead atoms. The summed E-state index contributed by atoms with van der Waals surface area (Å²) in [4.78, 5) is 10.2. The van der Waals surface area contributed by atoms with Gasteiger partial charge in [0.05, 0.1) is 0 Å². The topological polar surface area (TPSA) is 34.1 Å². The van der Waals surface area contributed by atoms with Gasteiger partial charge in [-0.05, 0) is 0 Å². The molecule has 0 aromatic carbocycles. The predicted octanol–water partition coefficient (Wildman–Crippen LogP) is 3.01. The second-order valence-corrected chi connectivity index (χ2v) is 10.5. The molecule has 0 heterocycles. The van der Waals surface area contributed by atoms with Gasteiger partial charge in [0.15, 0.2) is 31.1 Å².